The number of carbonyl (C=O) groups excluding carboxylic acids is 1. The topological polar surface area (TPSA) is 64.4 Å². The van der Waals surface area contributed by atoms with Crippen LogP contribution in [0.1, 0.15) is 44.1 Å². The number of aryl methyl sites for hydroxylation is 2. The summed E-state index contributed by atoms with van der Waals surface area (Å²) in [5.74, 6) is 0.342. The van der Waals surface area contributed by atoms with Crippen molar-refractivity contribution in [2.45, 2.75) is 58.2 Å². The van der Waals surface area contributed by atoms with Crippen molar-refractivity contribution < 1.29 is 9.53 Å². The van der Waals surface area contributed by atoms with Crippen LogP contribution in [0.15, 0.2) is 22.1 Å². The average molecular weight is 450 g/mol. The van der Waals surface area contributed by atoms with Gasteiger partial charge in [-0.2, -0.15) is 0 Å². The molecule has 0 atom stereocenters. The van der Waals surface area contributed by atoms with Gasteiger partial charge >= 0.3 is 0 Å². The number of fused-ring (bicyclic) bond motifs is 3. The summed E-state index contributed by atoms with van der Waals surface area (Å²) in [6, 6.07) is 0. The van der Waals surface area contributed by atoms with Gasteiger partial charge < -0.3 is 9.64 Å². The normalized spacial score (nSPS) is 16.0. The van der Waals surface area contributed by atoms with E-state index in [0.717, 1.165) is 35.1 Å². The molecule has 2 aliphatic rings. The van der Waals surface area contributed by atoms with E-state index in [1.807, 2.05) is 25.7 Å². The largest absolute Gasteiger partial charge is 0.378 e. The van der Waals surface area contributed by atoms with Gasteiger partial charge in [0.25, 0.3) is 5.56 Å². The number of hydrogen-bond acceptors (Lipinski definition) is 6. The summed E-state index contributed by atoms with van der Waals surface area (Å²) in [5.41, 5.74) is 2.10. The monoisotopic (exact) mass is 449 g/mol. The summed E-state index contributed by atoms with van der Waals surface area (Å²) in [6.45, 7) is 12.7. The fourth-order valence-electron chi connectivity index (χ4n) is 3.77. The van der Waals surface area contributed by atoms with Crippen LogP contribution in [0.25, 0.3) is 10.2 Å². The molecule has 8 heteroatoms. The zero-order valence-electron chi connectivity index (χ0n) is 18.2. The van der Waals surface area contributed by atoms with Gasteiger partial charge in [-0.05, 0) is 38.2 Å². The van der Waals surface area contributed by atoms with Crippen molar-refractivity contribution in [3.05, 3.63) is 32.9 Å². The highest BCUT2D eigenvalue weighted by molar-refractivity contribution is 7.99. The van der Waals surface area contributed by atoms with E-state index < -0.39 is 0 Å². The number of allylic oxidation sites excluding steroid dienone is 1. The fraction of sp³-hybridized carbons (Fsp3) is 0.591. The average Bonchev–Trinajstić information content (AvgIpc) is 3.14. The van der Waals surface area contributed by atoms with Crippen LogP contribution in [0, 0.1) is 0 Å². The minimum Gasteiger partial charge on any atom is -0.378 e. The van der Waals surface area contributed by atoms with Gasteiger partial charge in [-0.3, -0.25) is 14.2 Å². The third-order valence-electron chi connectivity index (χ3n) is 5.16. The molecule has 1 fully saturated rings. The fourth-order valence-corrected chi connectivity index (χ4v) is 5.97. The summed E-state index contributed by atoms with van der Waals surface area (Å²) in [4.78, 5) is 34.6. The van der Waals surface area contributed by atoms with E-state index in [9.17, 15) is 9.59 Å². The molecule has 0 aromatic carbocycles. The maximum absolute atomic E-state index is 13.3. The molecule has 0 radical (unpaired) electrons. The quantitative estimate of drug-likeness (QED) is 0.394. The first-order chi connectivity index (χ1) is 14.5. The Morgan fingerprint density at radius 2 is 1.93 bits per heavy atom. The van der Waals surface area contributed by atoms with Gasteiger partial charge in [-0.25, -0.2) is 4.98 Å². The van der Waals surface area contributed by atoms with E-state index in [0.29, 0.717) is 38.0 Å². The first-order valence-electron chi connectivity index (χ1n) is 10.7. The van der Waals surface area contributed by atoms with Crippen LogP contribution in [0.4, 0.5) is 0 Å². The lowest BCUT2D eigenvalue weighted by molar-refractivity contribution is -0.132. The maximum Gasteiger partial charge on any atom is 0.263 e. The molecule has 2 aromatic rings. The van der Waals surface area contributed by atoms with E-state index in [2.05, 4.69) is 6.58 Å². The van der Waals surface area contributed by atoms with Crippen LogP contribution in [0.2, 0.25) is 0 Å². The Hall–Kier alpha value is -1.64. The summed E-state index contributed by atoms with van der Waals surface area (Å²) in [5, 5.41) is 1.39. The number of rotatable bonds is 5. The number of carbonyl (C=O) groups is 1. The molecule has 0 unspecified atom stereocenters. The molecule has 30 heavy (non-hydrogen) atoms. The van der Waals surface area contributed by atoms with Gasteiger partial charge in [0.1, 0.15) is 4.83 Å². The second-order valence-corrected chi connectivity index (χ2v) is 9.44. The van der Waals surface area contributed by atoms with Crippen molar-refractivity contribution in [3.8, 4) is 0 Å². The van der Waals surface area contributed by atoms with Crippen LogP contribution < -0.4 is 5.56 Å². The highest BCUT2D eigenvalue weighted by atomic mass is 32.2. The number of morpholine rings is 1. The molecule has 0 bridgehead atoms. The van der Waals surface area contributed by atoms with Gasteiger partial charge in [0.2, 0.25) is 5.91 Å². The molecular weight excluding hydrogens is 418 g/mol. The first kappa shape index (κ1) is 23.0. The lowest BCUT2D eigenvalue weighted by atomic mass is 9.97. The van der Waals surface area contributed by atoms with E-state index >= 15 is 0 Å². The Balaban J connectivity index is 0.00000124. The Bertz CT molecular complexity index is 974. The molecule has 0 spiro atoms. The standard InChI is InChI=1S/C20H25N3O3S2.C2H6/c1-13(2)11-23-19(25)17-14-5-3-4-6-15(14)28-18(17)21-20(23)27-12-16(24)22-7-9-26-10-8-22;1-2/h1,3-12H2,2H3;1-2H3. The first-order valence-corrected chi connectivity index (χ1v) is 12.5. The second kappa shape index (κ2) is 10.6. The zero-order chi connectivity index (χ0) is 21.7. The molecule has 6 nitrogen and oxygen atoms in total. The van der Waals surface area contributed by atoms with Crippen molar-refractivity contribution in [3.63, 3.8) is 0 Å². The van der Waals surface area contributed by atoms with Crippen molar-refractivity contribution >= 4 is 39.2 Å². The number of aromatic nitrogens is 2. The minimum absolute atomic E-state index is 0.00808. The zero-order valence-corrected chi connectivity index (χ0v) is 19.8. The van der Waals surface area contributed by atoms with Crippen molar-refractivity contribution in [2.24, 2.45) is 0 Å². The molecule has 164 valence electrons. The van der Waals surface area contributed by atoms with Crippen LogP contribution in [-0.2, 0) is 28.9 Å². The third-order valence-corrected chi connectivity index (χ3v) is 7.30. The Morgan fingerprint density at radius 1 is 1.23 bits per heavy atom. The number of hydrogen-bond donors (Lipinski definition) is 0. The number of thioether (sulfide) groups is 1. The molecule has 1 saturated heterocycles. The summed E-state index contributed by atoms with van der Waals surface area (Å²) in [6.07, 6.45) is 4.30. The summed E-state index contributed by atoms with van der Waals surface area (Å²) < 4.78 is 7.01. The molecule has 1 aliphatic carbocycles. The van der Waals surface area contributed by atoms with Crippen molar-refractivity contribution in [1.82, 2.24) is 14.5 Å². The Kier molecular flexibility index (Phi) is 8.13. The van der Waals surface area contributed by atoms with Gasteiger partial charge in [0.15, 0.2) is 5.16 Å². The molecule has 1 amide bonds. The second-order valence-electron chi connectivity index (χ2n) is 7.42. The van der Waals surface area contributed by atoms with Crippen LogP contribution >= 0.6 is 23.1 Å². The highest BCUT2D eigenvalue weighted by Gasteiger charge is 2.23. The van der Waals surface area contributed by atoms with Crippen LogP contribution in [-0.4, -0.2) is 52.4 Å². The van der Waals surface area contributed by atoms with Gasteiger partial charge in [0.05, 0.1) is 24.4 Å². The van der Waals surface area contributed by atoms with Gasteiger partial charge in [-0.15, -0.1) is 11.3 Å². The summed E-state index contributed by atoms with van der Waals surface area (Å²) in [7, 11) is 0. The SMILES string of the molecule is C=C(C)Cn1c(SCC(=O)N2CCOCC2)nc2sc3c(c2c1=O)CCCC3.CC. The van der Waals surface area contributed by atoms with Crippen LogP contribution in [0.3, 0.4) is 0 Å². The highest BCUT2D eigenvalue weighted by Crippen LogP contribution is 2.34. The van der Waals surface area contributed by atoms with Gasteiger partial charge in [0, 0.05) is 24.5 Å². The molecule has 4 rings (SSSR count). The Morgan fingerprint density at radius 3 is 2.63 bits per heavy atom. The molecule has 0 N–H and O–H groups in total. The minimum atomic E-state index is 0.00808. The third kappa shape index (κ3) is 4.98. The lowest BCUT2D eigenvalue weighted by Crippen LogP contribution is -2.41. The van der Waals surface area contributed by atoms with Crippen LogP contribution in [0.5, 0.6) is 0 Å². The maximum atomic E-state index is 13.3. The molecule has 0 saturated carbocycles. The van der Waals surface area contributed by atoms with Crippen molar-refractivity contribution in [2.75, 3.05) is 32.1 Å². The lowest BCUT2D eigenvalue weighted by Gasteiger charge is -2.26. The molecule has 1 aliphatic heterocycles. The van der Waals surface area contributed by atoms with Crippen molar-refractivity contribution in [1.29, 1.82) is 0 Å². The van der Waals surface area contributed by atoms with E-state index in [-0.39, 0.29) is 17.2 Å². The smallest absolute Gasteiger partial charge is 0.263 e. The molecular formula is C22H31N3O3S2. The Labute approximate surface area is 186 Å². The number of ether oxygens (including phenoxy) is 1. The predicted octanol–water partition coefficient (Wildman–Crippen LogP) is 3.89. The molecule has 2 aromatic heterocycles. The predicted molar refractivity (Wildman–Crippen MR) is 125 cm³/mol. The van der Waals surface area contributed by atoms with Gasteiger partial charge in [-0.1, -0.05) is 37.8 Å². The summed E-state index contributed by atoms with van der Waals surface area (Å²) >= 11 is 3.00. The number of amides is 1. The number of nitrogens with zero attached hydrogens (tertiary/aromatic N) is 3. The van der Waals surface area contributed by atoms with E-state index in [1.165, 1.54) is 28.6 Å². The van der Waals surface area contributed by atoms with E-state index in [1.54, 1.807) is 15.9 Å². The van der Waals surface area contributed by atoms with E-state index in [4.69, 9.17) is 9.72 Å². The number of thiophene rings is 1. The molecule has 3 heterocycles.